The van der Waals surface area contributed by atoms with Crippen LogP contribution in [0.3, 0.4) is 0 Å². The number of nitrogens with two attached hydrogens (primary N) is 1. The molecule has 8 heteroatoms. The van der Waals surface area contributed by atoms with E-state index in [1.807, 2.05) is 12.1 Å². The molecule has 0 saturated carbocycles. The van der Waals surface area contributed by atoms with Crippen molar-refractivity contribution in [1.82, 2.24) is 4.98 Å². The van der Waals surface area contributed by atoms with Gasteiger partial charge >= 0.3 is 5.91 Å². The molecule has 0 saturated heterocycles. The quantitative estimate of drug-likeness (QED) is 0.509. The summed E-state index contributed by atoms with van der Waals surface area (Å²) in [4.78, 5) is 16.8. The molecule has 0 unspecified atom stereocenters. The third kappa shape index (κ3) is 5.26. The third-order valence-corrected chi connectivity index (χ3v) is 5.33. The largest absolute Gasteiger partial charge is 0.380 e. The van der Waals surface area contributed by atoms with Gasteiger partial charge in [-0.25, -0.2) is 18.8 Å². The minimum absolute atomic E-state index is 0.0613. The van der Waals surface area contributed by atoms with E-state index in [1.54, 1.807) is 60.8 Å². The Hall–Kier alpha value is -3.52. The van der Waals surface area contributed by atoms with Gasteiger partial charge in [0.1, 0.15) is 5.82 Å². The minimum Gasteiger partial charge on any atom is -0.380 e. The van der Waals surface area contributed by atoms with Crippen LogP contribution in [0.2, 0.25) is 0 Å². The van der Waals surface area contributed by atoms with Crippen molar-refractivity contribution < 1.29 is 18.6 Å². The highest BCUT2D eigenvalue weighted by molar-refractivity contribution is 7.90. The fraction of sp³-hybridized carbons (Fsp3) is 0.0952. The van der Waals surface area contributed by atoms with Gasteiger partial charge in [0, 0.05) is 24.7 Å². The maximum absolute atomic E-state index is 12.5. The van der Waals surface area contributed by atoms with Crippen molar-refractivity contribution >= 4 is 33.0 Å². The van der Waals surface area contributed by atoms with E-state index in [4.69, 9.17) is 5.41 Å². The standard InChI is InChI=1S/C21H20N4O3S/c1-29(27,28)16-11-9-15(10-12-16)14-24-18-7-3-2-6-17(18)20(22)21(26)25-19-8-4-5-13-23-19/h2-13,22,24H,14H2,1H3,(H,23,25,26)/p+1. The Morgan fingerprint density at radius 1 is 1.00 bits per heavy atom. The molecule has 0 spiro atoms. The molecule has 3 aromatic rings. The van der Waals surface area contributed by atoms with Gasteiger partial charge in [-0.15, -0.1) is 0 Å². The summed E-state index contributed by atoms with van der Waals surface area (Å²) in [5.74, 6) is -0.0349. The van der Waals surface area contributed by atoms with Crippen molar-refractivity contribution in [3.8, 4) is 0 Å². The maximum Gasteiger partial charge on any atom is 0.321 e. The Morgan fingerprint density at radius 3 is 2.34 bits per heavy atom. The average Bonchev–Trinajstić information content (AvgIpc) is 2.72. The van der Waals surface area contributed by atoms with Crippen LogP contribution in [0, 0.1) is 0 Å². The summed E-state index contributed by atoms with van der Waals surface area (Å²) in [5.41, 5.74) is 2.21. The summed E-state index contributed by atoms with van der Waals surface area (Å²) >= 11 is 0. The molecule has 2 aromatic carbocycles. The normalized spacial score (nSPS) is 10.9. The summed E-state index contributed by atoms with van der Waals surface area (Å²) in [6.07, 6.45) is 2.75. The lowest BCUT2D eigenvalue weighted by molar-refractivity contribution is -0.132. The van der Waals surface area contributed by atoms with Crippen LogP contribution in [-0.2, 0) is 21.2 Å². The number of benzene rings is 2. The molecule has 1 amide bonds. The predicted molar refractivity (Wildman–Crippen MR) is 112 cm³/mol. The van der Waals surface area contributed by atoms with Crippen molar-refractivity contribution in [2.45, 2.75) is 11.4 Å². The van der Waals surface area contributed by atoms with Gasteiger partial charge in [0.05, 0.1) is 10.5 Å². The molecule has 1 heterocycles. The lowest BCUT2D eigenvalue weighted by atomic mass is 10.1. The van der Waals surface area contributed by atoms with Crippen LogP contribution in [0.1, 0.15) is 11.1 Å². The highest BCUT2D eigenvalue weighted by Gasteiger charge is 2.21. The summed E-state index contributed by atoms with van der Waals surface area (Å²) in [7, 11) is -3.23. The maximum atomic E-state index is 12.5. The number of nitrogens with one attached hydrogen (secondary N) is 2. The van der Waals surface area contributed by atoms with Crippen molar-refractivity contribution in [2.75, 3.05) is 16.9 Å². The number of carbonyl (C=O) groups is 1. The van der Waals surface area contributed by atoms with E-state index in [0.717, 1.165) is 5.56 Å². The Morgan fingerprint density at radius 2 is 1.69 bits per heavy atom. The van der Waals surface area contributed by atoms with Gasteiger partial charge in [-0.2, -0.15) is 0 Å². The Bertz CT molecular complexity index is 1130. The third-order valence-electron chi connectivity index (χ3n) is 4.20. The van der Waals surface area contributed by atoms with E-state index in [-0.39, 0.29) is 10.6 Å². The van der Waals surface area contributed by atoms with E-state index in [9.17, 15) is 13.2 Å². The number of hydrogen-bond donors (Lipinski definition) is 3. The Balaban J connectivity index is 1.71. The van der Waals surface area contributed by atoms with Crippen LogP contribution >= 0.6 is 0 Å². The minimum atomic E-state index is -3.23. The SMILES string of the molecule is CS(=O)(=O)c1ccc(CNc2ccccc2C(=[NH2+])C(=O)Nc2ccccn2)cc1. The Kier molecular flexibility index (Phi) is 6.04. The molecule has 0 fully saturated rings. The number of aromatic nitrogens is 1. The monoisotopic (exact) mass is 409 g/mol. The number of nitrogens with zero attached hydrogens (tertiary/aromatic N) is 1. The number of pyridine rings is 1. The zero-order chi connectivity index (χ0) is 20.9. The molecule has 3 rings (SSSR count). The van der Waals surface area contributed by atoms with Gasteiger partial charge in [0.15, 0.2) is 9.84 Å². The molecule has 0 bridgehead atoms. The number of hydrogen-bond acceptors (Lipinski definition) is 5. The van der Waals surface area contributed by atoms with Gasteiger partial charge in [-0.1, -0.05) is 30.3 Å². The molecule has 4 N–H and O–H groups in total. The van der Waals surface area contributed by atoms with Crippen LogP contribution in [0.4, 0.5) is 11.5 Å². The number of anilines is 2. The van der Waals surface area contributed by atoms with Crippen LogP contribution in [-0.4, -0.2) is 31.3 Å². The molecule has 7 nitrogen and oxygen atoms in total. The first kappa shape index (κ1) is 20.2. The number of rotatable bonds is 7. The van der Waals surface area contributed by atoms with Crippen LogP contribution in [0.15, 0.2) is 77.8 Å². The predicted octanol–water partition coefficient (Wildman–Crippen LogP) is 1.28. The van der Waals surface area contributed by atoms with Gasteiger partial charge in [0.25, 0.3) is 5.71 Å². The van der Waals surface area contributed by atoms with Gasteiger partial charge < -0.3 is 10.6 Å². The highest BCUT2D eigenvalue weighted by atomic mass is 32.2. The summed E-state index contributed by atoms with van der Waals surface area (Å²) < 4.78 is 23.1. The van der Waals surface area contributed by atoms with Gasteiger partial charge in [-0.05, 0) is 42.0 Å². The first-order chi connectivity index (χ1) is 13.8. The van der Waals surface area contributed by atoms with Crippen LogP contribution in [0.5, 0.6) is 0 Å². The molecule has 1 aromatic heterocycles. The van der Waals surface area contributed by atoms with Gasteiger partial charge in [-0.3, -0.25) is 4.79 Å². The van der Waals surface area contributed by atoms with Crippen molar-refractivity contribution in [2.24, 2.45) is 0 Å². The molecule has 29 heavy (non-hydrogen) atoms. The van der Waals surface area contributed by atoms with E-state index >= 15 is 0 Å². The smallest absolute Gasteiger partial charge is 0.321 e. The van der Waals surface area contributed by atoms with E-state index in [1.165, 1.54) is 6.26 Å². The fourth-order valence-electron chi connectivity index (χ4n) is 2.67. The lowest BCUT2D eigenvalue weighted by Crippen LogP contribution is -2.48. The molecule has 0 aliphatic carbocycles. The number of sulfone groups is 1. The van der Waals surface area contributed by atoms with Crippen molar-refractivity contribution in [3.63, 3.8) is 0 Å². The lowest BCUT2D eigenvalue weighted by Gasteiger charge is -2.11. The fourth-order valence-corrected chi connectivity index (χ4v) is 3.30. The molecule has 0 aliphatic heterocycles. The highest BCUT2D eigenvalue weighted by Crippen LogP contribution is 2.18. The summed E-state index contributed by atoms with van der Waals surface area (Å²) in [6, 6.07) is 19.0. The first-order valence-corrected chi connectivity index (χ1v) is 10.7. The number of amides is 1. The zero-order valence-electron chi connectivity index (χ0n) is 15.8. The molecular formula is C21H21N4O3S+. The van der Waals surface area contributed by atoms with E-state index < -0.39 is 15.7 Å². The van der Waals surface area contributed by atoms with E-state index in [2.05, 4.69) is 15.6 Å². The number of para-hydroxylation sites is 1. The molecule has 0 atom stereocenters. The van der Waals surface area contributed by atoms with Crippen molar-refractivity contribution in [3.05, 3.63) is 84.1 Å². The number of carbonyl (C=O) groups excluding carboxylic acids is 1. The van der Waals surface area contributed by atoms with Crippen LogP contribution in [0.25, 0.3) is 0 Å². The zero-order valence-corrected chi connectivity index (χ0v) is 16.6. The van der Waals surface area contributed by atoms with Gasteiger partial charge in [0.2, 0.25) is 0 Å². The molecule has 0 radical (unpaired) electrons. The molecule has 0 aliphatic rings. The summed E-state index contributed by atoms with van der Waals surface area (Å²) in [6.45, 7) is 0.441. The average molecular weight is 409 g/mol. The second-order valence-corrected chi connectivity index (χ2v) is 8.41. The van der Waals surface area contributed by atoms with Crippen LogP contribution < -0.4 is 16.0 Å². The van der Waals surface area contributed by atoms with Crippen molar-refractivity contribution in [1.29, 1.82) is 0 Å². The second kappa shape index (κ2) is 8.66. The topological polar surface area (TPSA) is 114 Å². The first-order valence-electron chi connectivity index (χ1n) is 8.81. The summed E-state index contributed by atoms with van der Waals surface area (Å²) in [5, 5.41) is 12.0. The van der Waals surface area contributed by atoms with E-state index in [0.29, 0.717) is 23.6 Å². The molecule has 148 valence electrons. The second-order valence-electron chi connectivity index (χ2n) is 6.40. The Labute approximate surface area is 169 Å². The molecular weight excluding hydrogens is 388 g/mol.